The third kappa shape index (κ3) is 3.97. The second-order valence-electron chi connectivity index (χ2n) is 4.68. The van der Waals surface area contributed by atoms with Crippen LogP contribution in [0.4, 0.5) is 5.82 Å². The normalized spacial score (nSPS) is 21.5. The summed E-state index contributed by atoms with van der Waals surface area (Å²) in [6.45, 7) is 1.85. The Kier molecular flexibility index (Phi) is 4.19. The zero-order valence-electron chi connectivity index (χ0n) is 10.9. The van der Waals surface area contributed by atoms with Crippen LogP contribution in [0.25, 0.3) is 0 Å². The standard InChI is InChI=1S/C11H17N3O3S2/c1-8-5-10(14(2)13-8)12-11(15)6-18-9-3-4-19(16,17)7-9/h5,9H,3-4,6-7H2,1-2H3,(H,12,15)/t9-/m0/s1. The predicted octanol–water partition coefficient (Wildman–Crippen LogP) is 0.587. The molecule has 1 aromatic heterocycles. The molecule has 1 N–H and O–H groups in total. The molecule has 0 bridgehead atoms. The van der Waals surface area contributed by atoms with E-state index in [0.29, 0.717) is 12.2 Å². The van der Waals surface area contributed by atoms with Crippen LogP contribution in [0.2, 0.25) is 0 Å². The number of carbonyl (C=O) groups excluding carboxylic acids is 1. The molecule has 8 heteroatoms. The summed E-state index contributed by atoms with van der Waals surface area (Å²) in [5.74, 6) is 1.23. The highest BCUT2D eigenvalue weighted by atomic mass is 32.2. The molecule has 2 rings (SSSR count). The maximum Gasteiger partial charge on any atom is 0.235 e. The molecule has 1 aromatic rings. The minimum atomic E-state index is -2.87. The molecule has 1 amide bonds. The van der Waals surface area contributed by atoms with Crippen molar-refractivity contribution in [2.75, 3.05) is 22.6 Å². The van der Waals surface area contributed by atoms with E-state index in [2.05, 4.69) is 10.4 Å². The summed E-state index contributed by atoms with van der Waals surface area (Å²) in [7, 11) is -1.11. The van der Waals surface area contributed by atoms with Crippen LogP contribution in [0.3, 0.4) is 0 Å². The molecular formula is C11H17N3O3S2. The van der Waals surface area contributed by atoms with E-state index in [9.17, 15) is 13.2 Å². The van der Waals surface area contributed by atoms with Crippen LogP contribution < -0.4 is 5.32 Å². The van der Waals surface area contributed by atoms with Gasteiger partial charge in [0.15, 0.2) is 9.84 Å². The monoisotopic (exact) mass is 303 g/mol. The lowest BCUT2D eigenvalue weighted by atomic mass is 10.4. The Morgan fingerprint density at radius 2 is 2.37 bits per heavy atom. The molecular weight excluding hydrogens is 286 g/mol. The number of anilines is 1. The van der Waals surface area contributed by atoms with Gasteiger partial charge >= 0.3 is 0 Å². The van der Waals surface area contributed by atoms with Gasteiger partial charge in [-0.1, -0.05) is 0 Å². The summed E-state index contributed by atoms with van der Waals surface area (Å²) in [6.07, 6.45) is 0.644. The molecule has 0 spiro atoms. The number of rotatable bonds is 4. The predicted molar refractivity (Wildman–Crippen MR) is 76.1 cm³/mol. The third-order valence-electron chi connectivity index (χ3n) is 2.91. The fourth-order valence-electron chi connectivity index (χ4n) is 1.99. The number of nitrogens with zero attached hydrogens (tertiary/aromatic N) is 2. The number of amides is 1. The SMILES string of the molecule is Cc1cc(NC(=O)CS[C@H]2CCS(=O)(=O)C2)n(C)n1. The second-order valence-corrected chi connectivity index (χ2v) is 8.20. The molecule has 106 valence electrons. The zero-order chi connectivity index (χ0) is 14.0. The first-order valence-electron chi connectivity index (χ1n) is 5.98. The van der Waals surface area contributed by atoms with E-state index >= 15 is 0 Å². The van der Waals surface area contributed by atoms with E-state index in [-0.39, 0.29) is 28.4 Å². The summed E-state index contributed by atoms with van der Waals surface area (Å²) in [6, 6.07) is 1.79. The Balaban J connectivity index is 1.81. The van der Waals surface area contributed by atoms with E-state index in [1.807, 2.05) is 6.92 Å². The van der Waals surface area contributed by atoms with E-state index in [0.717, 1.165) is 5.69 Å². The molecule has 6 nitrogen and oxygen atoms in total. The highest BCUT2D eigenvalue weighted by molar-refractivity contribution is 8.02. The minimum Gasteiger partial charge on any atom is -0.310 e. The summed E-state index contributed by atoms with van der Waals surface area (Å²) in [5.41, 5.74) is 0.840. The van der Waals surface area contributed by atoms with Gasteiger partial charge in [0, 0.05) is 18.4 Å². The van der Waals surface area contributed by atoms with Crippen LogP contribution in [-0.4, -0.2) is 46.6 Å². The number of aromatic nitrogens is 2. The smallest absolute Gasteiger partial charge is 0.235 e. The molecule has 1 atom stereocenters. The van der Waals surface area contributed by atoms with Gasteiger partial charge < -0.3 is 5.32 Å². The van der Waals surface area contributed by atoms with Gasteiger partial charge in [-0.25, -0.2) is 8.42 Å². The van der Waals surface area contributed by atoms with Gasteiger partial charge in [-0.05, 0) is 13.3 Å². The van der Waals surface area contributed by atoms with Crippen molar-refractivity contribution >= 4 is 33.3 Å². The number of aryl methyl sites for hydroxylation is 2. The van der Waals surface area contributed by atoms with Crippen molar-refractivity contribution in [3.63, 3.8) is 0 Å². The Labute approximate surface area is 116 Å². The van der Waals surface area contributed by atoms with E-state index in [1.165, 1.54) is 11.8 Å². The van der Waals surface area contributed by atoms with Crippen molar-refractivity contribution in [1.82, 2.24) is 9.78 Å². The van der Waals surface area contributed by atoms with Gasteiger partial charge in [0.1, 0.15) is 5.82 Å². The molecule has 19 heavy (non-hydrogen) atoms. The molecule has 1 aliphatic rings. The maximum absolute atomic E-state index is 11.8. The Morgan fingerprint density at radius 3 is 2.89 bits per heavy atom. The lowest BCUT2D eigenvalue weighted by molar-refractivity contribution is -0.113. The van der Waals surface area contributed by atoms with Gasteiger partial charge in [0.2, 0.25) is 5.91 Å². The number of carbonyl (C=O) groups is 1. The summed E-state index contributed by atoms with van der Waals surface area (Å²) >= 11 is 1.41. The van der Waals surface area contributed by atoms with E-state index in [1.54, 1.807) is 17.8 Å². The van der Waals surface area contributed by atoms with Crippen molar-refractivity contribution in [2.24, 2.45) is 7.05 Å². The first-order valence-corrected chi connectivity index (χ1v) is 8.85. The van der Waals surface area contributed by atoms with Crippen LogP contribution in [0.15, 0.2) is 6.07 Å². The zero-order valence-corrected chi connectivity index (χ0v) is 12.6. The molecule has 0 unspecified atom stereocenters. The molecule has 1 fully saturated rings. The lowest BCUT2D eigenvalue weighted by Gasteiger charge is -2.08. The fourth-order valence-corrected chi connectivity index (χ4v) is 5.44. The third-order valence-corrected chi connectivity index (χ3v) is 6.19. The van der Waals surface area contributed by atoms with Crippen LogP contribution in [0.5, 0.6) is 0 Å². The average molecular weight is 303 g/mol. The van der Waals surface area contributed by atoms with Gasteiger partial charge in [0.05, 0.1) is 23.0 Å². The first-order chi connectivity index (χ1) is 8.85. The quantitative estimate of drug-likeness (QED) is 0.880. The van der Waals surface area contributed by atoms with Crippen LogP contribution in [-0.2, 0) is 21.7 Å². The number of sulfone groups is 1. The van der Waals surface area contributed by atoms with Crippen molar-refractivity contribution in [3.8, 4) is 0 Å². The topological polar surface area (TPSA) is 81.1 Å². The minimum absolute atomic E-state index is 0.0454. The molecule has 2 heterocycles. The second kappa shape index (κ2) is 5.54. The highest BCUT2D eigenvalue weighted by Gasteiger charge is 2.28. The molecule has 0 aliphatic carbocycles. The molecule has 0 radical (unpaired) electrons. The fraction of sp³-hybridized carbons (Fsp3) is 0.636. The van der Waals surface area contributed by atoms with Crippen molar-refractivity contribution in [1.29, 1.82) is 0 Å². The van der Waals surface area contributed by atoms with Crippen LogP contribution in [0, 0.1) is 6.92 Å². The van der Waals surface area contributed by atoms with Gasteiger partial charge in [-0.15, -0.1) is 11.8 Å². The molecule has 0 saturated carbocycles. The largest absolute Gasteiger partial charge is 0.310 e. The molecule has 1 saturated heterocycles. The summed E-state index contributed by atoms with van der Waals surface area (Å²) in [5, 5.41) is 6.95. The average Bonchev–Trinajstić information content (AvgIpc) is 2.79. The Bertz CT molecular complexity index is 580. The number of nitrogens with one attached hydrogen (secondary N) is 1. The maximum atomic E-state index is 11.8. The number of thioether (sulfide) groups is 1. The molecule has 1 aliphatic heterocycles. The van der Waals surface area contributed by atoms with Crippen LogP contribution >= 0.6 is 11.8 Å². The van der Waals surface area contributed by atoms with Gasteiger partial charge in [-0.3, -0.25) is 9.48 Å². The first kappa shape index (κ1) is 14.4. The van der Waals surface area contributed by atoms with Crippen molar-refractivity contribution in [2.45, 2.75) is 18.6 Å². The van der Waals surface area contributed by atoms with Crippen molar-refractivity contribution in [3.05, 3.63) is 11.8 Å². The van der Waals surface area contributed by atoms with Gasteiger partial charge in [0.25, 0.3) is 0 Å². The van der Waals surface area contributed by atoms with Gasteiger partial charge in [-0.2, -0.15) is 5.10 Å². The number of hydrogen-bond acceptors (Lipinski definition) is 5. The summed E-state index contributed by atoms with van der Waals surface area (Å²) < 4.78 is 24.2. The van der Waals surface area contributed by atoms with Crippen LogP contribution in [0.1, 0.15) is 12.1 Å². The summed E-state index contributed by atoms with van der Waals surface area (Å²) in [4.78, 5) is 11.8. The Morgan fingerprint density at radius 1 is 1.63 bits per heavy atom. The van der Waals surface area contributed by atoms with E-state index < -0.39 is 9.84 Å². The Hall–Kier alpha value is -1.02. The molecule has 0 aromatic carbocycles. The lowest BCUT2D eigenvalue weighted by Crippen LogP contribution is -2.18. The number of hydrogen-bond donors (Lipinski definition) is 1. The van der Waals surface area contributed by atoms with Crippen molar-refractivity contribution < 1.29 is 13.2 Å². The van der Waals surface area contributed by atoms with E-state index in [4.69, 9.17) is 0 Å². The highest BCUT2D eigenvalue weighted by Crippen LogP contribution is 2.24.